The first-order valence-corrected chi connectivity index (χ1v) is 13.1. The smallest absolute Gasteiger partial charge is 0.248 e. The second-order valence-corrected chi connectivity index (χ2v) is 9.72. The molecule has 1 aromatic carbocycles. The van der Waals surface area contributed by atoms with Gasteiger partial charge in [-0.05, 0) is 67.5 Å². The van der Waals surface area contributed by atoms with E-state index in [1.165, 1.54) is 51.0 Å². The van der Waals surface area contributed by atoms with Crippen LogP contribution in [0.4, 0.5) is 0 Å². The van der Waals surface area contributed by atoms with Gasteiger partial charge in [0.2, 0.25) is 11.5 Å². The highest BCUT2D eigenvalue weighted by Gasteiger charge is 2.20. The van der Waals surface area contributed by atoms with Crippen LogP contribution in [0.1, 0.15) is 69.8 Å². The molecule has 1 N–H and O–H groups in total. The zero-order valence-electron chi connectivity index (χ0n) is 20.6. The lowest BCUT2D eigenvalue weighted by Gasteiger charge is -2.29. The Morgan fingerprint density at radius 2 is 1.86 bits per heavy atom. The van der Waals surface area contributed by atoms with Crippen molar-refractivity contribution in [3.05, 3.63) is 70.8 Å². The number of nitrogens with one attached hydrogen (secondary N) is 1. The van der Waals surface area contributed by atoms with Crippen LogP contribution >= 0.6 is 0 Å². The van der Waals surface area contributed by atoms with Gasteiger partial charge in [-0.2, -0.15) is 0 Å². The molecule has 4 rings (SSSR count). The molecule has 1 fully saturated rings. The third-order valence-corrected chi connectivity index (χ3v) is 6.90. The van der Waals surface area contributed by atoms with Crippen LogP contribution in [0.15, 0.2) is 59.7 Å². The van der Waals surface area contributed by atoms with Gasteiger partial charge in [0.25, 0.3) is 0 Å². The fraction of sp³-hybridized carbons (Fsp3) is 0.483. The minimum Gasteiger partial charge on any atom is -0.494 e. The van der Waals surface area contributed by atoms with E-state index < -0.39 is 0 Å². The summed E-state index contributed by atoms with van der Waals surface area (Å²) in [6, 6.07) is 13.0. The van der Waals surface area contributed by atoms with Crippen molar-refractivity contribution in [2.24, 2.45) is 5.92 Å². The predicted molar refractivity (Wildman–Crippen MR) is 139 cm³/mol. The van der Waals surface area contributed by atoms with Gasteiger partial charge in [-0.25, -0.2) is 0 Å². The molecule has 0 unspecified atom stereocenters. The number of aromatic nitrogens is 2. The molecule has 0 radical (unpaired) electrons. The van der Waals surface area contributed by atoms with Crippen molar-refractivity contribution in [2.75, 3.05) is 13.2 Å². The first kappa shape index (κ1) is 25.0. The van der Waals surface area contributed by atoms with Crippen molar-refractivity contribution < 1.29 is 9.53 Å². The maximum absolute atomic E-state index is 13.2. The zero-order valence-corrected chi connectivity index (χ0v) is 20.6. The predicted octanol–water partition coefficient (Wildman–Crippen LogP) is 5.86. The molecular weight excluding hydrogens is 438 g/mol. The molecule has 186 valence electrons. The molecule has 2 heterocycles. The molecule has 0 saturated heterocycles. The minimum absolute atomic E-state index is 0.108. The summed E-state index contributed by atoms with van der Waals surface area (Å²) in [6.07, 6.45) is 14.8. The Labute approximate surface area is 207 Å². The molecule has 2 aromatic heterocycles. The largest absolute Gasteiger partial charge is 0.494 e. The molecule has 1 saturated carbocycles. The summed E-state index contributed by atoms with van der Waals surface area (Å²) in [5, 5.41) is 0.942. The maximum Gasteiger partial charge on any atom is 0.248 e. The number of unbranched alkanes of at least 4 members (excludes halogenated alkanes) is 1. The molecule has 0 spiro atoms. The molecule has 0 aliphatic heterocycles. The average molecular weight is 476 g/mol. The molecular formula is C29H37N3O3. The highest BCUT2D eigenvalue weighted by atomic mass is 16.5. The number of aromatic amines is 1. The summed E-state index contributed by atoms with van der Waals surface area (Å²) in [5.74, 6) is 1.60. The number of H-pyrrole nitrogens is 1. The molecule has 0 bridgehead atoms. The first-order valence-electron chi connectivity index (χ1n) is 13.1. The van der Waals surface area contributed by atoms with Crippen molar-refractivity contribution in [1.82, 2.24) is 14.9 Å². The number of rotatable bonds is 10. The normalized spacial score (nSPS) is 14.9. The van der Waals surface area contributed by atoms with E-state index in [2.05, 4.69) is 20.9 Å². The molecule has 1 aliphatic carbocycles. The van der Waals surface area contributed by atoms with Crippen molar-refractivity contribution >= 4 is 16.8 Å². The Bertz CT molecular complexity index is 1120. The highest BCUT2D eigenvalue weighted by Crippen LogP contribution is 2.24. The Morgan fingerprint density at radius 3 is 2.66 bits per heavy atom. The first-order chi connectivity index (χ1) is 17.2. The standard InChI is InChI=1S/C29H37N3O3/c33-28-16-13-25-19-26(14-15-27(25)31-28)35-18-7-6-12-29(34)32(22-24-11-8-17-30-20-24)21-23-9-4-2-1-3-5-10-23/h8,11,13-17,19-20,23H,1-7,9-10,12,18,21-22H2,(H,31,33). The number of carbonyl (C=O) groups is 1. The second kappa shape index (κ2) is 13.1. The fourth-order valence-electron chi connectivity index (χ4n) is 4.95. The van der Waals surface area contributed by atoms with Crippen molar-refractivity contribution in [2.45, 2.75) is 70.8 Å². The number of pyridine rings is 2. The quantitative estimate of drug-likeness (QED) is 0.373. The summed E-state index contributed by atoms with van der Waals surface area (Å²) >= 11 is 0. The molecule has 35 heavy (non-hydrogen) atoms. The topological polar surface area (TPSA) is 75.3 Å². The number of carbonyl (C=O) groups excluding carboxylic acids is 1. The van der Waals surface area contributed by atoms with E-state index in [9.17, 15) is 9.59 Å². The van der Waals surface area contributed by atoms with Crippen LogP contribution in [0, 0.1) is 5.92 Å². The van der Waals surface area contributed by atoms with Crippen LogP contribution in [0.3, 0.4) is 0 Å². The van der Waals surface area contributed by atoms with E-state index in [1.807, 2.05) is 30.5 Å². The van der Waals surface area contributed by atoms with Crippen LogP contribution < -0.4 is 10.3 Å². The van der Waals surface area contributed by atoms with Crippen LogP contribution in [0.2, 0.25) is 0 Å². The van der Waals surface area contributed by atoms with Gasteiger partial charge >= 0.3 is 0 Å². The van der Waals surface area contributed by atoms with Gasteiger partial charge in [0, 0.05) is 48.9 Å². The van der Waals surface area contributed by atoms with E-state index in [-0.39, 0.29) is 11.5 Å². The number of hydrogen-bond acceptors (Lipinski definition) is 4. The third kappa shape index (κ3) is 7.94. The lowest BCUT2D eigenvalue weighted by Crippen LogP contribution is -2.35. The van der Waals surface area contributed by atoms with Gasteiger partial charge in [0.15, 0.2) is 0 Å². The molecule has 6 heteroatoms. The van der Waals surface area contributed by atoms with Crippen LogP contribution in [0.5, 0.6) is 5.75 Å². The summed E-state index contributed by atoms with van der Waals surface area (Å²) in [6.45, 7) is 2.05. The Morgan fingerprint density at radius 1 is 1.03 bits per heavy atom. The second-order valence-electron chi connectivity index (χ2n) is 9.72. The van der Waals surface area contributed by atoms with E-state index in [0.717, 1.165) is 41.6 Å². The van der Waals surface area contributed by atoms with Gasteiger partial charge in [0.05, 0.1) is 6.61 Å². The average Bonchev–Trinajstić information content (AvgIpc) is 2.85. The van der Waals surface area contributed by atoms with Gasteiger partial charge in [-0.15, -0.1) is 0 Å². The van der Waals surface area contributed by atoms with Gasteiger partial charge in [-0.3, -0.25) is 14.6 Å². The highest BCUT2D eigenvalue weighted by molar-refractivity contribution is 5.79. The Hall–Kier alpha value is -3.15. The van der Waals surface area contributed by atoms with Crippen molar-refractivity contribution in [1.29, 1.82) is 0 Å². The number of hydrogen-bond donors (Lipinski definition) is 1. The van der Waals surface area contributed by atoms with Gasteiger partial charge < -0.3 is 14.6 Å². The van der Waals surface area contributed by atoms with E-state index in [1.54, 1.807) is 12.3 Å². The Kier molecular flexibility index (Phi) is 9.32. The van der Waals surface area contributed by atoms with Gasteiger partial charge in [-0.1, -0.05) is 38.2 Å². The maximum atomic E-state index is 13.2. The summed E-state index contributed by atoms with van der Waals surface area (Å²) in [4.78, 5) is 33.8. The SMILES string of the molecule is O=C(CCCCOc1ccc2[nH]c(=O)ccc2c1)N(Cc1cccnc1)CC1CCCCCCC1. The molecule has 6 nitrogen and oxygen atoms in total. The molecule has 0 atom stereocenters. The number of benzene rings is 1. The fourth-order valence-corrected chi connectivity index (χ4v) is 4.95. The molecule has 3 aromatic rings. The van der Waals surface area contributed by atoms with Crippen LogP contribution in [-0.2, 0) is 11.3 Å². The molecule has 1 aliphatic rings. The number of amides is 1. The Balaban J connectivity index is 1.27. The number of nitrogens with zero attached hydrogens (tertiary/aromatic N) is 2. The van der Waals surface area contributed by atoms with Crippen LogP contribution in [-0.4, -0.2) is 33.9 Å². The van der Waals surface area contributed by atoms with Gasteiger partial charge in [0.1, 0.15) is 5.75 Å². The van der Waals surface area contributed by atoms with Crippen molar-refractivity contribution in [3.63, 3.8) is 0 Å². The lowest BCUT2D eigenvalue weighted by atomic mass is 9.90. The van der Waals surface area contributed by atoms with Crippen LogP contribution in [0.25, 0.3) is 10.9 Å². The summed E-state index contributed by atoms with van der Waals surface area (Å²) < 4.78 is 5.90. The number of ether oxygens (including phenoxy) is 1. The van der Waals surface area contributed by atoms with E-state index in [4.69, 9.17) is 4.74 Å². The summed E-state index contributed by atoms with van der Waals surface area (Å²) in [7, 11) is 0. The van der Waals surface area contributed by atoms with Crippen molar-refractivity contribution in [3.8, 4) is 5.75 Å². The summed E-state index contributed by atoms with van der Waals surface area (Å²) in [5.41, 5.74) is 1.78. The lowest BCUT2D eigenvalue weighted by molar-refractivity contribution is -0.132. The number of fused-ring (bicyclic) bond motifs is 1. The minimum atomic E-state index is -0.108. The molecule has 1 amide bonds. The third-order valence-electron chi connectivity index (χ3n) is 6.90. The monoisotopic (exact) mass is 475 g/mol. The zero-order chi connectivity index (χ0) is 24.3. The van der Waals surface area contributed by atoms with E-state index >= 15 is 0 Å². The van der Waals surface area contributed by atoms with E-state index in [0.29, 0.717) is 25.5 Å².